The highest BCUT2D eigenvalue weighted by atomic mass is 19.1. The van der Waals surface area contributed by atoms with E-state index in [9.17, 15) is 8.78 Å². The Morgan fingerprint density at radius 3 is 1.85 bits per heavy atom. The van der Waals surface area contributed by atoms with E-state index in [1.807, 2.05) is 0 Å². The summed E-state index contributed by atoms with van der Waals surface area (Å²) >= 11 is 0. The Morgan fingerprint density at radius 1 is 0.765 bits per heavy atom. The van der Waals surface area contributed by atoms with E-state index in [0.29, 0.717) is 6.61 Å². The molecule has 0 radical (unpaired) electrons. The van der Waals surface area contributed by atoms with Gasteiger partial charge in [-0.15, -0.1) is 0 Å². The minimum atomic E-state index is -0.352. The third-order valence-corrected chi connectivity index (χ3v) is 6.25. The quantitative estimate of drug-likeness (QED) is 0.405. The predicted molar refractivity (Wildman–Crippen MR) is 134 cm³/mol. The number of hydrogen-bond acceptors (Lipinski definition) is 3. The fraction of sp³-hybridized carbons (Fsp3) is 0.310. The highest BCUT2D eigenvalue weighted by molar-refractivity contribution is 5.49. The summed E-state index contributed by atoms with van der Waals surface area (Å²) in [6, 6.07) is 21.2. The molecule has 3 aromatic carbocycles. The van der Waals surface area contributed by atoms with Crippen molar-refractivity contribution in [2.24, 2.45) is 0 Å². The molecule has 0 spiro atoms. The van der Waals surface area contributed by atoms with Crippen molar-refractivity contribution in [2.45, 2.75) is 13.0 Å². The molecule has 0 bridgehead atoms. The molecule has 1 aliphatic rings. The van der Waals surface area contributed by atoms with Crippen LogP contribution < -0.4 is 0 Å². The summed E-state index contributed by atoms with van der Waals surface area (Å²) < 4.78 is 33.0. The van der Waals surface area contributed by atoms with Gasteiger partial charge in [0.1, 0.15) is 17.7 Å². The molecular formula is C29H32F2N2O. The molecule has 0 N–H and O–H groups in total. The molecule has 178 valence electrons. The van der Waals surface area contributed by atoms with Crippen LogP contribution in [0.3, 0.4) is 0 Å². The maximum atomic E-state index is 13.4. The summed E-state index contributed by atoms with van der Waals surface area (Å²) in [5, 5.41) is 0. The largest absolute Gasteiger partial charge is 0.367 e. The third kappa shape index (κ3) is 7.07. The summed E-state index contributed by atoms with van der Waals surface area (Å²) in [4.78, 5) is 4.87. The number of halogens is 2. The van der Waals surface area contributed by atoms with Crippen molar-refractivity contribution in [1.82, 2.24) is 9.80 Å². The number of piperazine rings is 1. The van der Waals surface area contributed by atoms with Gasteiger partial charge in [-0.1, -0.05) is 66.2 Å². The van der Waals surface area contributed by atoms with Gasteiger partial charge in [0.2, 0.25) is 0 Å². The van der Waals surface area contributed by atoms with Crippen molar-refractivity contribution < 1.29 is 13.5 Å². The molecule has 1 fully saturated rings. The van der Waals surface area contributed by atoms with E-state index in [2.05, 4.69) is 53.1 Å². The second kappa shape index (κ2) is 12.0. The van der Waals surface area contributed by atoms with Crippen LogP contribution in [0.25, 0.3) is 6.08 Å². The molecule has 0 saturated carbocycles. The maximum absolute atomic E-state index is 13.4. The summed E-state index contributed by atoms with van der Waals surface area (Å²) in [5.74, 6) is -0.568. The van der Waals surface area contributed by atoms with Crippen LogP contribution in [0.4, 0.5) is 8.78 Å². The number of ether oxygens (including phenoxy) is 1. The van der Waals surface area contributed by atoms with Gasteiger partial charge in [0.05, 0.1) is 6.61 Å². The van der Waals surface area contributed by atoms with Crippen molar-refractivity contribution in [3.63, 3.8) is 0 Å². The fourth-order valence-electron chi connectivity index (χ4n) is 4.17. The fourth-order valence-corrected chi connectivity index (χ4v) is 4.17. The average molecular weight is 463 g/mol. The third-order valence-electron chi connectivity index (χ3n) is 6.25. The van der Waals surface area contributed by atoms with Gasteiger partial charge in [0.25, 0.3) is 0 Å². The maximum Gasteiger partial charge on any atom is 0.123 e. The van der Waals surface area contributed by atoms with Crippen LogP contribution in [-0.2, 0) is 4.74 Å². The van der Waals surface area contributed by atoms with Gasteiger partial charge in [0.15, 0.2) is 0 Å². The van der Waals surface area contributed by atoms with Crippen LogP contribution in [0.15, 0.2) is 78.9 Å². The zero-order valence-electron chi connectivity index (χ0n) is 19.7. The monoisotopic (exact) mass is 462 g/mol. The number of rotatable bonds is 9. The van der Waals surface area contributed by atoms with Crippen LogP contribution >= 0.6 is 0 Å². The van der Waals surface area contributed by atoms with Gasteiger partial charge in [-0.25, -0.2) is 8.78 Å². The predicted octanol–water partition coefficient (Wildman–Crippen LogP) is 5.71. The lowest BCUT2D eigenvalue weighted by Gasteiger charge is -2.34. The molecule has 34 heavy (non-hydrogen) atoms. The molecule has 0 aliphatic carbocycles. The Balaban J connectivity index is 1.24. The first-order chi connectivity index (χ1) is 16.6. The van der Waals surface area contributed by atoms with E-state index in [-0.39, 0.29) is 17.7 Å². The van der Waals surface area contributed by atoms with E-state index >= 15 is 0 Å². The summed E-state index contributed by atoms with van der Waals surface area (Å²) in [6.45, 7) is 8.48. The Morgan fingerprint density at radius 2 is 1.29 bits per heavy atom. The van der Waals surface area contributed by atoms with Gasteiger partial charge in [0, 0.05) is 39.3 Å². The SMILES string of the molecule is Cc1ccc(/C=C/CN2CCN(CCOC(c3ccc(F)cc3)c3ccc(F)cc3)CC2)cc1. The van der Waals surface area contributed by atoms with Gasteiger partial charge in [-0.05, 0) is 47.9 Å². The highest BCUT2D eigenvalue weighted by Gasteiger charge is 2.18. The van der Waals surface area contributed by atoms with Crippen LogP contribution in [0.1, 0.15) is 28.4 Å². The minimum Gasteiger partial charge on any atom is -0.367 e. The summed E-state index contributed by atoms with van der Waals surface area (Å²) in [7, 11) is 0. The lowest BCUT2D eigenvalue weighted by molar-refractivity contribution is 0.0467. The molecule has 3 nitrogen and oxygen atoms in total. The number of aryl methyl sites for hydroxylation is 1. The Hall–Kier alpha value is -2.86. The topological polar surface area (TPSA) is 15.7 Å². The van der Waals surface area contributed by atoms with E-state index in [1.54, 1.807) is 24.3 Å². The first-order valence-corrected chi connectivity index (χ1v) is 11.9. The van der Waals surface area contributed by atoms with Gasteiger partial charge in [-0.2, -0.15) is 0 Å². The molecule has 0 amide bonds. The van der Waals surface area contributed by atoms with E-state index in [1.165, 1.54) is 35.4 Å². The number of benzene rings is 3. The lowest BCUT2D eigenvalue weighted by Crippen LogP contribution is -2.47. The molecule has 0 atom stereocenters. The number of nitrogens with zero attached hydrogens (tertiary/aromatic N) is 2. The first-order valence-electron chi connectivity index (χ1n) is 11.9. The molecule has 4 rings (SSSR count). The number of hydrogen-bond donors (Lipinski definition) is 0. The molecule has 0 aromatic heterocycles. The highest BCUT2D eigenvalue weighted by Crippen LogP contribution is 2.26. The molecule has 1 saturated heterocycles. The Labute approximate surface area is 201 Å². The Kier molecular flexibility index (Phi) is 8.58. The second-order valence-electron chi connectivity index (χ2n) is 8.81. The van der Waals surface area contributed by atoms with Crippen LogP contribution in [-0.4, -0.2) is 55.7 Å². The first kappa shape index (κ1) is 24.3. The molecule has 5 heteroatoms. The van der Waals surface area contributed by atoms with E-state index in [0.717, 1.165) is 50.4 Å². The molecule has 1 aliphatic heterocycles. The zero-order chi connectivity index (χ0) is 23.8. The summed E-state index contributed by atoms with van der Waals surface area (Å²) in [6.07, 6.45) is 4.07. The van der Waals surface area contributed by atoms with E-state index < -0.39 is 0 Å². The molecule has 0 unspecified atom stereocenters. The van der Waals surface area contributed by atoms with E-state index in [4.69, 9.17) is 4.74 Å². The molecule has 1 heterocycles. The molecule has 3 aromatic rings. The average Bonchev–Trinajstić information content (AvgIpc) is 2.85. The van der Waals surface area contributed by atoms with Gasteiger partial charge >= 0.3 is 0 Å². The van der Waals surface area contributed by atoms with Crippen molar-refractivity contribution >= 4 is 6.08 Å². The van der Waals surface area contributed by atoms with Crippen LogP contribution in [0.2, 0.25) is 0 Å². The van der Waals surface area contributed by atoms with Crippen molar-refractivity contribution in [3.8, 4) is 0 Å². The van der Waals surface area contributed by atoms with Gasteiger partial charge < -0.3 is 4.74 Å². The van der Waals surface area contributed by atoms with Crippen molar-refractivity contribution in [3.05, 3.63) is 113 Å². The van der Waals surface area contributed by atoms with Crippen LogP contribution in [0, 0.1) is 18.6 Å². The minimum absolute atomic E-state index is 0.284. The Bertz CT molecular complexity index is 995. The smallest absolute Gasteiger partial charge is 0.123 e. The lowest BCUT2D eigenvalue weighted by atomic mass is 10.0. The van der Waals surface area contributed by atoms with Crippen molar-refractivity contribution in [1.29, 1.82) is 0 Å². The van der Waals surface area contributed by atoms with Crippen molar-refractivity contribution in [2.75, 3.05) is 45.9 Å². The molecular weight excluding hydrogens is 430 g/mol. The zero-order valence-corrected chi connectivity index (χ0v) is 19.7. The normalized spacial score (nSPS) is 15.4. The second-order valence-corrected chi connectivity index (χ2v) is 8.81. The van der Waals surface area contributed by atoms with Gasteiger partial charge in [-0.3, -0.25) is 9.80 Å². The van der Waals surface area contributed by atoms with Crippen LogP contribution in [0.5, 0.6) is 0 Å². The summed E-state index contributed by atoms with van der Waals surface area (Å²) in [5.41, 5.74) is 4.23. The standard InChI is InChI=1S/C29H32F2N2O/c1-23-4-6-24(7-5-23)3-2-16-32-17-19-33(20-18-32)21-22-34-29(25-8-12-27(30)13-9-25)26-10-14-28(31)15-11-26/h2-15,29H,16-22H2,1H3/b3-2+.